The van der Waals surface area contributed by atoms with Crippen LogP contribution in [0.1, 0.15) is 13.8 Å². The van der Waals surface area contributed by atoms with Crippen molar-refractivity contribution >= 4 is 38.8 Å². The molecule has 0 aliphatic heterocycles. The Balaban J connectivity index is 2.01. The minimum Gasteiger partial charge on any atom is -0.378 e. The summed E-state index contributed by atoms with van der Waals surface area (Å²) in [4.78, 5) is 17.5. The number of nitrogens with two attached hydrogens (primary N) is 1. The molecule has 0 aromatic carbocycles. The zero-order valence-electron chi connectivity index (χ0n) is 14.0. The average Bonchev–Trinajstić information content (AvgIpc) is 2.61. The standard InChI is InChI=1S/C18H18N6S/c1-11(2)17(19)25-18(20)24-15-6-5-14-16(23-15)13(7-9-22-14)12-4-3-8-21-10-12/h3-11,19H,1-2H3,(H2,20,23,24). The lowest BCUT2D eigenvalue weighted by Crippen LogP contribution is -2.12. The van der Waals surface area contributed by atoms with Crippen LogP contribution in [0.15, 0.2) is 53.9 Å². The molecule has 3 heterocycles. The number of hydrogen-bond acceptors (Lipinski definition) is 6. The van der Waals surface area contributed by atoms with Gasteiger partial charge in [0.15, 0.2) is 11.0 Å². The largest absolute Gasteiger partial charge is 0.378 e. The van der Waals surface area contributed by atoms with Crippen LogP contribution in [0, 0.1) is 11.3 Å². The van der Waals surface area contributed by atoms with E-state index in [9.17, 15) is 0 Å². The Morgan fingerprint density at radius 1 is 1.20 bits per heavy atom. The first-order valence-electron chi connectivity index (χ1n) is 7.81. The highest BCUT2D eigenvalue weighted by molar-refractivity contribution is 8.26. The molecule has 0 bridgehead atoms. The third-order valence-corrected chi connectivity index (χ3v) is 4.50. The molecule has 3 aromatic rings. The van der Waals surface area contributed by atoms with Crippen molar-refractivity contribution in [3.63, 3.8) is 0 Å². The summed E-state index contributed by atoms with van der Waals surface area (Å²) >= 11 is 1.15. The maximum atomic E-state index is 7.88. The summed E-state index contributed by atoms with van der Waals surface area (Å²) < 4.78 is 0. The van der Waals surface area contributed by atoms with E-state index in [1.54, 1.807) is 24.7 Å². The molecule has 0 fully saturated rings. The molecule has 0 radical (unpaired) electrons. The van der Waals surface area contributed by atoms with Crippen molar-refractivity contribution in [1.82, 2.24) is 15.0 Å². The van der Waals surface area contributed by atoms with Gasteiger partial charge in [-0.2, -0.15) is 0 Å². The van der Waals surface area contributed by atoms with E-state index in [-0.39, 0.29) is 5.92 Å². The third-order valence-electron chi connectivity index (χ3n) is 3.51. The van der Waals surface area contributed by atoms with Gasteiger partial charge in [0.1, 0.15) is 0 Å². The minimum absolute atomic E-state index is 0.115. The zero-order valence-corrected chi connectivity index (χ0v) is 14.8. The van der Waals surface area contributed by atoms with Gasteiger partial charge in [-0.1, -0.05) is 19.9 Å². The van der Waals surface area contributed by atoms with E-state index in [2.05, 4.69) is 19.9 Å². The van der Waals surface area contributed by atoms with Gasteiger partial charge in [0.2, 0.25) is 0 Å². The number of pyridine rings is 3. The summed E-state index contributed by atoms with van der Waals surface area (Å²) in [6.45, 7) is 3.89. The Morgan fingerprint density at radius 2 is 2.04 bits per heavy atom. The molecule has 0 atom stereocenters. The monoisotopic (exact) mass is 350 g/mol. The first-order valence-corrected chi connectivity index (χ1v) is 8.63. The van der Waals surface area contributed by atoms with E-state index >= 15 is 0 Å². The zero-order chi connectivity index (χ0) is 17.8. The molecule has 126 valence electrons. The molecule has 6 nitrogen and oxygen atoms in total. The summed E-state index contributed by atoms with van der Waals surface area (Å²) in [7, 11) is 0. The third kappa shape index (κ3) is 4.00. The fourth-order valence-corrected chi connectivity index (χ4v) is 2.80. The molecule has 0 saturated carbocycles. The lowest BCUT2D eigenvalue weighted by Gasteiger charge is -2.07. The number of aliphatic imine (C=N–C) groups is 1. The second-order valence-corrected chi connectivity index (χ2v) is 6.77. The number of nitrogens with zero attached hydrogens (tertiary/aromatic N) is 4. The summed E-state index contributed by atoms with van der Waals surface area (Å²) in [5, 5.41) is 8.66. The number of thioether (sulfide) groups is 1. The Bertz CT molecular complexity index is 937. The van der Waals surface area contributed by atoms with Gasteiger partial charge >= 0.3 is 0 Å². The molecular weight excluding hydrogens is 332 g/mol. The number of aromatic nitrogens is 3. The Hall–Kier alpha value is -2.80. The smallest absolute Gasteiger partial charge is 0.166 e. The van der Waals surface area contributed by atoms with Crippen molar-refractivity contribution in [2.24, 2.45) is 16.6 Å². The molecule has 0 aliphatic carbocycles. The van der Waals surface area contributed by atoms with E-state index in [0.717, 1.165) is 33.9 Å². The van der Waals surface area contributed by atoms with Gasteiger partial charge < -0.3 is 5.73 Å². The lowest BCUT2D eigenvalue weighted by atomic mass is 10.1. The van der Waals surface area contributed by atoms with Crippen LogP contribution in [-0.4, -0.2) is 25.2 Å². The predicted molar refractivity (Wildman–Crippen MR) is 104 cm³/mol. The van der Waals surface area contributed by atoms with Crippen LogP contribution >= 0.6 is 11.8 Å². The predicted octanol–water partition coefficient (Wildman–Crippen LogP) is 4.00. The fraction of sp³-hybridized carbons (Fsp3) is 0.167. The summed E-state index contributed by atoms with van der Waals surface area (Å²) in [6.07, 6.45) is 5.28. The first-order chi connectivity index (χ1) is 12.0. The summed E-state index contributed by atoms with van der Waals surface area (Å²) in [6, 6.07) is 9.41. The van der Waals surface area contributed by atoms with E-state index < -0.39 is 0 Å². The van der Waals surface area contributed by atoms with Crippen LogP contribution in [0.4, 0.5) is 5.82 Å². The Labute approximate surface area is 150 Å². The first kappa shape index (κ1) is 17.0. The topological polar surface area (TPSA) is 101 Å². The van der Waals surface area contributed by atoms with Crippen molar-refractivity contribution in [2.75, 3.05) is 0 Å². The van der Waals surface area contributed by atoms with Crippen LogP contribution in [-0.2, 0) is 0 Å². The molecule has 25 heavy (non-hydrogen) atoms. The van der Waals surface area contributed by atoms with Crippen LogP contribution in [0.2, 0.25) is 0 Å². The maximum Gasteiger partial charge on any atom is 0.166 e. The summed E-state index contributed by atoms with van der Waals surface area (Å²) in [5.74, 6) is 0.608. The van der Waals surface area contributed by atoms with Crippen molar-refractivity contribution < 1.29 is 0 Å². The molecule has 3 N–H and O–H groups in total. The molecular formula is C18H18N6S. The maximum absolute atomic E-state index is 7.88. The van der Waals surface area contributed by atoms with Gasteiger partial charge in [-0.25, -0.2) is 9.98 Å². The van der Waals surface area contributed by atoms with Gasteiger partial charge in [-0.05, 0) is 36.0 Å². The molecule has 3 aromatic heterocycles. The fourth-order valence-electron chi connectivity index (χ4n) is 2.20. The lowest BCUT2D eigenvalue weighted by molar-refractivity contribution is 0.895. The van der Waals surface area contributed by atoms with Gasteiger partial charge in [0, 0.05) is 35.6 Å². The van der Waals surface area contributed by atoms with Crippen LogP contribution in [0.3, 0.4) is 0 Å². The van der Waals surface area contributed by atoms with Gasteiger partial charge in [0.25, 0.3) is 0 Å². The molecule has 0 amide bonds. The number of hydrogen-bond donors (Lipinski definition) is 2. The number of fused-ring (bicyclic) bond motifs is 1. The van der Waals surface area contributed by atoms with Crippen molar-refractivity contribution in [2.45, 2.75) is 13.8 Å². The normalized spacial score (nSPS) is 11.9. The minimum atomic E-state index is 0.115. The second-order valence-electron chi connectivity index (χ2n) is 5.71. The van der Waals surface area contributed by atoms with Crippen molar-refractivity contribution in [3.8, 4) is 11.1 Å². The SMILES string of the molecule is CC(C)C(=N)SC(N)=Nc1ccc2nccc(-c3cccnc3)c2n1. The molecule has 0 aliphatic rings. The van der Waals surface area contributed by atoms with Crippen LogP contribution < -0.4 is 5.73 Å². The van der Waals surface area contributed by atoms with Gasteiger partial charge in [-0.15, -0.1) is 0 Å². The molecule has 0 saturated heterocycles. The molecule has 3 rings (SSSR count). The highest BCUT2D eigenvalue weighted by atomic mass is 32.2. The number of amidine groups is 1. The van der Waals surface area contributed by atoms with Gasteiger partial charge in [-0.3, -0.25) is 15.4 Å². The van der Waals surface area contributed by atoms with Crippen molar-refractivity contribution in [3.05, 3.63) is 48.9 Å². The van der Waals surface area contributed by atoms with E-state index in [1.165, 1.54) is 0 Å². The molecule has 0 unspecified atom stereocenters. The van der Waals surface area contributed by atoms with Crippen molar-refractivity contribution in [1.29, 1.82) is 5.41 Å². The average molecular weight is 350 g/mol. The number of rotatable bonds is 3. The molecule has 0 spiro atoms. The van der Waals surface area contributed by atoms with Gasteiger partial charge in [0.05, 0.1) is 16.1 Å². The van der Waals surface area contributed by atoms with E-state index in [1.807, 2.05) is 38.1 Å². The van der Waals surface area contributed by atoms with Crippen LogP contribution in [0.5, 0.6) is 0 Å². The highest BCUT2D eigenvalue weighted by Gasteiger charge is 2.09. The second kappa shape index (κ2) is 7.40. The quantitative estimate of drug-likeness (QED) is 0.549. The summed E-state index contributed by atoms with van der Waals surface area (Å²) in [5.41, 5.74) is 9.37. The Kier molecular flexibility index (Phi) is 5.04. The Morgan fingerprint density at radius 3 is 2.76 bits per heavy atom. The number of nitrogens with one attached hydrogen (secondary N) is 1. The van der Waals surface area contributed by atoms with E-state index in [4.69, 9.17) is 11.1 Å². The molecule has 7 heteroatoms. The van der Waals surface area contributed by atoms with Crippen LogP contribution in [0.25, 0.3) is 22.2 Å². The van der Waals surface area contributed by atoms with E-state index in [0.29, 0.717) is 16.0 Å². The highest BCUT2D eigenvalue weighted by Crippen LogP contribution is 2.27.